The number of carbonyl (C=O) groups is 1. The van der Waals surface area contributed by atoms with Gasteiger partial charge in [-0.1, -0.05) is 120 Å². The first-order valence-electron chi connectivity index (χ1n) is 18.7. The maximum absolute atomic E-state index is 12.7. The first-order chi connectivity index (χ1) is 23.0. The molecule has 278 valence electrons. The van der Waals surface area contributed by atoms with Gasteiger partial charge in [-0.2, -0.15) is 0 Å². The van der Waals surface area contributed by atoms with Crippen LogP contribution in [0.5, 0.6) is 0 Å². The van der Waals surface area contributed by atoms with Crippen LogP contribution in [0.15, 0.2) is 60.8 Å². The molecule has 0 saturated carbocycles. The van der Waals surface area contributed by atoms with Crippen LogP contribution in [-0.4, -0.2) is 68.5 Å². The first kappa shape index (κ1) is 46.2. The van der Waals surface area contributed by atoms with Gasteiger partial charge >= 0.3 is 0 Å². The number of nitrogens with one attached hydrogen (secondary N) is 1. The van der Waals surface area contributed by atoms with E-state index in [1.165, 1.54) is 32.1 Å². The lowest BCUT2D eigenvalue weighted by Crippen LogP contribution is -2.45. The minimum Gasteiger partial charge on any atom is -0.756 e. The smallest absolute Gasteiger partial charge is 0.268 e. The van der Waals surface area contributed by atoms with Crippen molar-refractivity contribution >= 4 is 13.7 Å². The van der Waals surface area contributed by atoms with E-state index in [0.29, 0.717) is 17.4 Å². The van der Waals surface area contributed by atoms with Crippen molar-refractivity contribution in [2.75, 3.05) is 40.9 Å². The number of rotatable bonds is 32. The van der Waals surface area contributed by atoms with E-state index in [0.717, 1.165) is 77.0 Å². The normalized spacial score (nSPS) is 15.4. The number of likely N-dealkylation sites (N-methyl/N-ethyl adjacent to an activating group) is 1. The van der Waals surface area contributed by atoms with E-state index in [9.17, 15) is 19.4 Å². The molecule has 0 spiro atoms. The van der Waals surface area contributed by atoms with Crippen molar-refractivity contribution < 1.29 is 32.9 Å². The van der Waals surface area contributed by atoms with E-state index < -0.39 is 26.6 Å². The second kappa shape index (κ2) is 31.2. The lowest BCUT2D eigenvalue weighted by Gasteiger charge is -2.29. The molecule has 0 saturated heterocycles. The fraction of sp³-hybridized carbons (Fsp3) is 0.718. The number of carbonyl (C=O) groups excluding carboxylic acids is 1. The Morgan fingerprint density at radius 3 is 1.81 bits per heavy atom. The van der Waals surface area contributed by atoms with E-state index in [4.69, 9.17) is 9.05 Å². The summed E-state index contributed by atoms with van der Waals surface area (Å²) in [4.78, 5) is 25.1. The molecule has 0 aromatic heterocycles. The monoisotopic (exact) mass is 695 g/mol. The van der Waals surface area contributed by atoms with E-state index >= 15 is 0 Å². The third-order valence-electron chi connectivity index (χ3n) is 7.68. The Labute approximate surface area is 294 Å². The number of hydrogen-bond donors (Lipinski definition) is 2. The number of allylic oxidation sites excluding steroid dienone is 9. The molecule has 9 heteroatoms. The van der Waals surface area contributed by atoms with E-state index in [1.807, 2.05) is 27.2 Å². The number of phosphoric acid groups is 1. The number of phosphoric ester groups is 1. The minimum absolute atomic E-state index is 0.0147. The number of hydrogen-bond acceptors (Lipinski definition) is 6. The lowest BCUT2D eigenvalue weighted by molar-refractivity contribution is -0.870. The Bertz CT molecular complexity index is 970. The van der Waals surface area contributed by atoms with Crippen LogP contribution in [0, 0.1) is 0 Å². The Balaban J connectivity index is 4.66. The highest BCUT2D eigenvalue weighted by atomic mass is 31.2. The molecule has 48 heavy (non-hydrogen) atoms. The maximum Gasteiger partial charge on any atom is 0.268 e. The number of aliphatic hydroxyl groups excluding tert-OH is 1. The quantitative estimate of drug-likeness (QED) is 0.0315. The third kappa shape index (κ3) is 32.7. The maximum atomic E-state index is 12.7. The predicted molar refractivity (Wildman–Crippen MR) is 201 cm³/mol. The van der Waals surface area contributed by atoms with Crippen molar-refractivity contribution in [3.8, 4) is 0 Å². The zero-order valence-corrected chi connectivity index (χ0v) is 32.1. The van der Waals surface area contributed by atoms with E-state index in [2.05, 4.69) is 67.8 Å². The Morgan fingerprint density at radius 1 is 0.729 bits per heavy atom. The van der Waals surface area contributed by atoms with Gasteiger partial charge in [-0.05, 0) is 64.2 Å². The molecule has 2 N–H and O–H groups in total. The van der Waals surface area contributed by atoms with Crippen LogP contribution in [0.3, 0.4) is 0 Å². The molecule has 0 rings (SSSR count). The molecule has 1 amide bonds. The van der Waals surface area contributed by atoms with Crippen molar-refractivity contribution in [3.05, 3.63) is 60.8 Å². The summed E-state index contributed by atoms with van der Waals surface area (Å²) < 4.78 is 23.0. The van der Waals surface area contributed by atoms with Gasteiger partial charge in [-0.3, -0.25) is 9.36 Å². The average Bonchev–Trinajstić information content (AvgIpc) is 3.02. The highest BCUT2D eigenvalue weighted by Crippen LogP contribution is 2.38. The van der Waals surface area contributed by atoms with Gasteiger partial charge in [0.25, 0.3) is 7.82 Å². The van der Waals surface area contributed by atoms with Crippen molar-refractivity contribution in [2.24, 2.45) is 0 Å². The van der Waals surface area contributed by atoms with Crippen LogP contribution in [-0.2, 0) is 18.4 Å². The molecular formula is C39H71N2O6P. The topological polar surface area (TPSA) is 108 Å². The molecule has 3 unspecified atom stereocenters. The largest absolute Gasteiger partial charge is 0.756 e. The fourth-order valence-electron chi connectivity index (χ4n) is 4.59. The standard InChI is InChI=1S/C39H71N2O6P/c1-6-8-10-12-14-16-18-20-21-23-25-27-29-31-33-39(43)40-37(36-47-48(44,45)46-35-34-41(3,4)5)38(42)32-30-28-26-24-22-19-17-15-13-11-9-7-2/h12-15,18,20,22,24,30,32,37-38,42H,6-11,16-17,19,21,23,25-29,31,33-36H2,1-5H3,(H-,40,43,44,45)/b14-12-,15-13+,20-18-,24-22+,32-30+. The lowest BCUT2D eigenvalue weighted by atomic mass is 10.1. The van der Waals surface area contributed by atoms with Crippen molar-refractivity contribution in [2.45, 2.75) is 142 Å². The van der Waals surface area contributed by atoms with Crippen LogP contribution in [0.1, 0.15) is 129 Å². The molecule has 0 aliphatic rings. The van der Waals surface area contributed by atoms with Gasteiger partial charge in [0.05, 0.1) is 39.9 Å². The third-order valence-corrected chi connectivity index (χ3v) is 8.64. The molecule has 0 aromatic carbocycles. The van der Waals surface area contributed by atoms with E-state index in [1.54, 1.807) is 6.08 Å². The molecule has 0 aliphatic heterocycles. The SMILES string of the molecule is CCCC/C=C\C/C=C\CCCCCCCC(=O)NC(COP(=O)([O-])OCC[N+](C)(C)C)C(O)/C=C/CC/C=C/CC/C=C/CCCC. The predicted octanol–water partition coefficient (Wildman–Crippen LogP) is 8.88. The summed E-state index contributed by atoms with van der Waals surface area (Å²) in [5.41, 5.74) is 0. The molecular weight excluding hydrogens is 623 g/mol. The zero-order chi connectivity index (χ0) is 35.8. The number of unbranched alkanes of at least 4 members (excludes halogenated alkanes) is 11. The van der Waals surface area contributed by atoms with Gasteiger partial charge in [-0.25, -0.2) is 0 Å². The number of aliphatic hydroxyl groups is 1. The number of amides is 1. The van der Waals surface area contributed by atoms with Gasteiger partial charge in [0.2, 0.25) is 5.91 Å². The summed E-state index contributed by atoms with van der Waals surface area (Å²) in [5.74, 6) is -0.232. The van der Waals surface area contributed by atoms with Crippen LogP contribution < -0.4 is 10.2 Å². The Morgan fingerprint density at radius 2 is 1.23 bits per heavy atom. The van der Waals surface area contributed by atoms with Gasteiger partial charge in [-0.15, -0.1) is 0 Å². The van der Waals surface area contributed by atoms with E-state index in [-0.39, 0.29) is 12.5 Å². The van der Waals surface area contributed by atoms with Crippen molar-refractivity contribution in [1.82, 2.24) is 5.32 Å². The molecule has 0 heterocycles. The van der Waals surface area contributed by atoms with Gasteiger partial charge < -0.3 is 28.8 Å². The average molecular weight is 695 g/mol. The van der Waals surface area contributed by atoms with Crippen LogP contribution in [0.4, 0.5) is 0 Å². The summed E-state index contributed by atoms with van der Waals surface area (Å²) >= 11 is 0. The van der Waals surface area contributed by atoms with Crippen LogP contribution in [0.25, 0.3) is 0 Å². The molecule has 3 atom stereocenters. The first-order valence-corrected chi connectivity index (χ1v) is 20.1. The van der Waals surface area contributed by atoms with Crippen LogP contribution in [0.2, 0.25) is 0 Å². The molecule has 0 bridgehead atoms. The highest BCUT2D eigenvalue weighted by molar-refractivity contribution is 7.45. The summed E-state index contributed by atoms with van der Waals surface area (Å²) in [6.07, 6.45) is 38.3. The highest BCUT2D eigenvalue weighted by Gasteiger charge is 2.23. The molecule has 8 nitrogen and oxygen atoms in total. The number of quaternary nitrogens is 1. The zero-order valence-electron chi connectivity index (χ0n) is 31.2. The van der Waals surface area contributed by atoms with Crippen molar-refractivity contribution in [3.63, 3.8) is 0 Å². The van der Waals surface area contributed by atoms with Gasteiger partial charge in [0.15, 0.2) is 0 Å². The summed E-state index contributed by atoms with van der Waals surface area (Å²) in [6.45, 7) is 4.47. The molecule has 0 radical (unpaired) electrons. The minimum atomic E-state index is -4.59. The Kier molecular flexibility index (Phi) is 30.0. The number of nitrogens with zero attached hydrogens (tertiary/aromatic N) is 1. The summed E-state index contributed by atoms with van der Waals surface area (Å²) in [6, 6.07) is -0.915. The second-order valence-electron chi connectivity index (χ2n) is 13.5. The second-order valence-corrected chi connectivity index (χ2v) is 15.0. The fourth-order valence-corrected chi connectivity index (χ4v) is 5.32. The Hall–Kier alpha value is -1.80. The molecule has 0 aliphatic carbocycles. The van der Waals surface area contributed by atoms with Crippen LogP contribution >= 0.6 is 7.82 Å². The summed E-state index contributed by atoms with van der Waals surface area (Å²) in [5, 5.41) is 13.6. The van der Waals surface area contributed by atoms with Gasteiger partial charge in [0, 0.05) is 6.42 Å². The summed E-state index contributed by atoms with van der Waals surface area (Å²) in [7, 11) is 1.21. The van der Waals surface area contributed by atoms with Gasteiger partial charge in [0.1, 0.15) is 13.2 Å². The van der Waals surface area contributed by atoms with Crippen molar-refractivity contribution in [1.29, 1.82) is 0 Å². The molecule has 0 fully saturated rings. The molecule has 0 aromatic rings.